The first-order valence-corrected chi connectivity index (χ1v) is 5.65. The van der Waals surface area contributed by atoms with Crippen LogP contribution in [0.4, 0.5) is 8.78 Å². The molecule has 2 rings (SSSR count). The molecule has 0 heterocycles. The van der Waals surface area contributed by atoms with Crippen molar-refractivity contribution in [1.29, 1.82) is 0 Å². The van der Waals surface area contributed by atoms with Gasteiger partial charge in [0, 0.05) is 18.4 Å². The smallest absolute Gasteiger partial charge is 0.141 e. The molecule has 1 nitrogen and oxygen atoms in total. The Hall–Kier alpha value is -2.03. The summed E-state index contributed by atoms with van der Waals surface area (Å²) in [6.07, 6.45) is -0.0258. The Morgan fingerprint density at radius 2 is 1.44 bits per heavy atom. The Morgan fingerprint density at radius 1 is 0.833 bits per heavy atom. The fraction of sp³-hybridized carbons (Fsp3) is 0.133. The van der Waals surface area contributed by atoms with E-state index < -0.39 is 11.6 Å². The van der Waals surface area contributed by atoms with Crippen LogP contribution in [0, 0.1) is 11.6 Å². The van der Waals surface area contributed by atoms with Crippen LogP contribution in [-0.2, 0) is 17.6 Å². The van der Waals surface area contributed by atoms with Crippen molar-refractivity contribution >= 4 is 5.78 Å². The number of Topliss-reactive ketones (excluding diaryl/α,β-unsaturated/α-hetero) is 1. The molecule has 0 aliphatic rings. The summed E-state index contributed by atoms with van der Waals surface area (Å²) in [6.45, 7) is 0. The van der Waals surface area contributed by atoms with Gasteiger partial charge in [-0.3, -0.25) is 4.79 Å². The fourth-order valence-electron chi connectivity index (χ4n) is 1.78. The molecule has 0 saturated heterocycles. The molecule has 0 fully saturated rings. The third-order valence-electron chi connectivity index (χ3n) is 2.68. The standard InChI is InChI=1S/C15H12F2O/c16-14-7-4-8-15(17)13(14)10-12(18)9-11-5-2-1-3-6-11/h1-8H,9-10H2. The van der Waals surface area contributed by atoms with Crippen LogP contribution < -0.4 is 0 Å². The molecule has 0 saturated carbocycles. The molecule has 0 aliphatic heterocycles. The first-order valence-electron chi connectivity index (χ1n) is 5.65. The second-order valence-corrected chi connectivity index (χ2v) is 4.08. The third kappa shape index (κ3) is 3.00. The van der Waals surface area contributed by atoms with Gasteiger partial charge in [0.05, 0.1) is 0 Å². The Labute approximate surface area is 104 Å². The summed E-state index contributed by atoms with van der Waals surface area (Å²) >= 11 is 0. The highest BCUT2D eigenvalue weighted by Crippen LogP contribution is 2.14. The van der Waals surface area contributed by atoms with Crippen molar-refractivity contribution in [2.75, 3.05) is 0 Å². The van der Waals surface area contributed by atoms with Gasteiger partial charge in [-0.1, -0.05) is 36.4 Å². The van der Waals surface area contributed by atoms with E-state index in [2.05, 4.69) is 0 Å². The topological polar surface area (TPSA) is 17.1 Å². The van der Waals surface area contributed by atoms with Crippen molar-refractivity contribution in [3.05, 3.63) is 71.3 Å². The third-order valence-corrected chi connectivity index (χ3v) is 2.68. The molecule has 2 aromatic rings. The van der Waals surface area contributed by atoms with E-state index in [0.717, 1.165) is 17.7 Å². The Kier molecular flexibility index (Phi) is 3.82. The normalized spacial score (nSPS) is 10.3. The molecule has 18 heavy (non-hydrogen) atoms. The van der Waals surface area contributed by atoms with Crippen molar-refractivity contribution in [2.24, 2.45) is 0 Å². The molecule has 3 heteroatoms. The van der Waals surface area contributed by atoms with E-state index in [1.165, 1.54) is 6.07 Å². The summed E-state index contributed by atoms with van der Waals surface area (Å²) in [7, 11) is 0. The van der Waals surface area contributed by atoms with E-state index in [9.17, 15) is 13.6 Å². The Balaban J connectivity index is 2.08. The fourth-order valence-corrected chi connectivity index (χ4v) is 1.78. The van der Waals surface area contributed by atoms with E-state index in [0.29, 0.717) is 0 Å². The highest BCUT2D eigenvalue weighted by atomic mass is 19.1. The first-order chi connectivity index (χ1) is 8.66. The van der Waals surface area contributed by atoms with Gasteiger partial charge in [-0.2, -0.15) is 0 Å². The van der Waals surface area contributed by atoms with E-state index in [1.807, 2.05) is 30.3 Å². The van der Waals surface area contributed by atoms with Crippen LogP contribution in [0.1, 0.15) is 11.1 Å². The molecular formula is C15H12F2O. The molecular weight excluding hydrogens is 234 g/mol. The van der Waals surface area contributed by atoms with Gasteiger partial charge < -0.3 is 0 Å². The maximum atomic E-state index is 13.4. The minimum atomic E-state index is -0.670. The monoisotopic (exact) mass is 246 g/mol. The number of carbonyl (C=O) groups is 1. The first kappa shape index (κ1) is 12.4. The van der Waals surface area contributed by atoms with Gasteiger partial charge in [0.1, 0.15) is 17.4 Å². The molecule has 0 unspecified atom stereocenters. The number of benzene rings is 2. The van der Waals surface area contributed by atoms with Crippen molar-refractivity contribution < 1.29 is 13.6 Å². The summed E-state index contributed by atoms with van der Waals surface area (Å²) in [5, 5.41) is 0. The lowest BCUT2D eigenvalue weighted by atomic mass is 10.0. The van der Waals surface area contributed by atoms with Crippen molar-refractivity contribution in [3.8, 4) is 0 Å². The number of rotatable bonds is 4. The second kappa shape index (κ2) is 5.54. The largest absolute Gasteiger partial charge is 0.299 e. The zero-order chi connectivity index (χ0) is 13.0. The highest BCUT2D eigenvalue weighted by molar-refractivity contribution is 5.83. The molecule has 0 aromatic heterocycles. The van der Waals surface area contributed by atoms with Gasteiger partial charge in [-0.15, -0.1) is 0 Å². The molecule has 0 N–H and O–H groups in total. The molecule has 92 valence electrons. The molecule has 0 aliphatic carbocycles. The molecule has 0 radical (unpaired) electrons. The zero-order valence-electron chi connectivity index (χ0n) is 9.70. The maximum absolute atomic E-state index is 13.4. The van der Waals surface area contributed by atoms with Crippen molar-refractivity contribution in [1.82, 2.24) is 0 Å². The van der Waals surface area contributed by atoms with Gasteiger partial charge in [0.25, 0.3) is 0 Å². The van der Waals surface area contributed by atoms with Crippen LogP contribution in [0.25, 0.3) is 0 Å². The summed E-state index contributed by atoms with van der Waals surface area (Å²) in [5.41, 5.74) is 0.692. The number of ketones is 1. The number of halogens is 2. The van der Waals surface area contributed by atoms with Gasteiger partial charge in [-0.25, -0.2) is 8.78 Å². The SMILES string of the molecule is O=C(Cc1ccccc1)Cc1c(F)cccc1F. The molecule has 0 amide bonds. The van der Waals surface area contributed by atoms with Gasteiger partial charge in [-0.05, 0) is 17.7 Å². The van der Waals surface area contributed by atoms with Crippen molar-refractivity contribution in [3.63, 3.8) is 0 Å². The van der Waals surface area contributed by atoms with Crippen LogP contribution in [0.2, 0.25) is 0 Å². The Morgan fingerprint density at radius 3 is 2.06 bits per heavy atom. The van der Waals surface area contributed by atoms with Crippen LogP contribution >= 0.6 is 0 Å². The van der Waals surface area contributed by atoms with Crippen LogP contribution in [-0.4, -0.2) is 5.78 Å². The average molecular weight is 246 g/mol. The molecule has 0 spiro atoms. The predicted octanol–water partition coefficient (Wildman–Crippen LogP) is 3.32. The lowest BCUT2D eigenvalue weighted by Crippen LogP contribution is -2.09. The highest BCUT2D eigenvalue weighted by Gasteiger charge is 2.13. The van der Waals surface area contributed by atoms with Crippen LogP contribution in [0.3, 0.4) is 0 Å². The minimum absolute atomic E-state index is 0.154. The number of carbonyl (C=O) groups excluding carboxylic acids is 1. The Bertz CT molecular complexity index is 529. The van der Waals surface area contributed by atoms with E-state index in [4.69, 9.17) is 0 Å². The summed E-state index contributed by atoms with van der Waals surface area (Å²) in [6, 6.07) is 12.7. The maximum Gasteiger partial charge on any atom is 0.141 e. The lowest BCUT2D eigenvalue weighted by Gasteiger charge is -2.04. The number of hydrogen-bond donors (Lipinski definition) is 0. The molecule has 0 bridgehead atoms. The van der Waals surface area contributed by atoms with Gasteiger partial charge in [0.15, 0.2) is 0 Å². The predicted molar refractivity (Wildman–Crippen MR) is 65.2 cm³/mol. The van der Waals surface area contributed by atoms with Crippen molar-refractivity contribution in [2.45, 2.75) is 12.8 Å². The summed E-state index contributed by atoms with van der Waals surface area (Å²) < 4.78 is 26.7. The lowest BCUT2D eigenvalue weighted by molar-refractivity contribution is -0.117. The van der Waals surface area contributed by atoms with E-state index >= 15 is 0 Å². The van der Waals surface area contributed by atoms with Crippen LogP contribution in [0.15, 0.2) is 48.5 Å². The quantitative estimate of drug-likeness (QED) is 0.808. The molecule has 2 aromatic carbocycles. The second-order valence-electron chi connectivity index (χ2n) is 4.08. The van der Waals surface area contributed by atoms with E-state index in [-0.39, 0.29) is 24.2 Å². The summed E-state index contributed by atoms with van der Waals surface area (Å²) in [5.74, 6) is -1.54. The van der Waals surface area contributed by atoms with Crippen LogP contribution in [0.5, 0.6) is 0 Å². The average Bonchev–Trinajstić information content (AvgIpc) is 2.35. The summed E-state index contributed by atoms with van der Waals surface area (Å²) in [4.78, 5) is 11.8. The zero-order valence-corrected chi connectivity index (χ0v) is 9.70. The minimum Gasteiger partial charge on any atom is -0.299 e. The molecule has 0 atom stereocenters. The number of hydrogen-bond acceptors (Lipinski definition) is 1. The van der Waals surface area contributed by atoms with Gasteiger partial charge >= 0.3 is 0 Å². The van der Waals surface area contributed by atoms with Gasteiger partial charge in [0.2, 0.25) is 0 Å². The van der Waals surface area contributed by atoms with E-state index in [1.54, 1.807) is 0 Å².